The predicted octanol–water partition coefficient (Wildman–Crippen LogP) is 2.54. The van der Waals surface area contributed by atoms with Crippen LogP contribution in [0.1, 0.15) is 11.8 Å². The van der Waals surface area contributed by atoms with Crippen LogP contribution in [0.4, 0.5) is 0 Å². The van der Waals surface area contributed by atoms with Gasteiger partial charge in [-0.25, -0.2) is 0 Å². The zero-order chi connectivity index (χ0) is 15.2. The molecule has 1 aliphatic rings. The van der Waals surface area contributed by atoms with Gasteiger partial charge < -0.3 is 15.0 Å². The Hall–Kier alpha value is -0.880. The second kappa shape index (κ2) is 7.94. The molecular formula is C15H21ClN2O2S. The maximum atomic E-state index is 12.8. The molecule has 1 aromatic heterocycles. The van der Waals surface area contributed by atoms with E-state index < -0.39 is 0 Å². The monoisotopic (exact) mass is 328 g/mol. The van der Waals surface area contributed by atoms with Crippen molar-refractivity contribution in [3.63, 3.8) is 0 Å². The molecule has 2 atom stereocenters. The van der Waals surface area contributed by atoms with Crippen molar-refractivity contribution < 1.29 is 9.53 Å². The molecule has 0 radical (unpaired) electrons. The van der Waals surface area contributed by atoms with Gasteiger partial charge in [-0.1, -0.05) is 24.6 Å². The lowest BCUT2D eigenvalue weighted by Gasteiger charge is -2.26. The van der Waals surface area contributed by atoms with Crippen molar-refractivity contribution in [2.24, 2.45) is 5.92 Å². The van der Waals surface area contributed by atoms with Gasteiger partial charge in [0.2, 0.25) is 5.91 Å². The Morgan fingerprint density at radius 3 is 3.05 bits per heavy atom. The van der Waals surface area contributed by atoms with Gasteiger partial charge in [-0.2, -0.15) is 0 Å². The first-order valence-corrected chi connectivity index (χ1v) is 8.30. The van der Waals surface area contributed by atoms with E-state index in [1.54, 1.807) is 6.08 Å². The number of likely N-dealkylation sites (N-methyl/N-ethyl adjacent to an activating group) is 1. The van der Waals surface area contributed by atoms with Crippen LogP contribution in [0.15, 0.2) is 24.8 Å². The molecular weight excluding hydrogens is 308 g/mol. The molecule has 0 saturated carbocycles. The molecule has 4 nitrogen and oxygen atoms in total. The predicted molar refractivity (Wildman–Crippen MR) is 86.7 cm³/mol. The summed E-state index contributed by atoms with van der Waals surface area (Å²) in [5.74, 6) is -0.0109. The topological polar surface area (TPSA) is 41.6 Å². The molecule has 2 rings (SSSR count). The molecule has 116 valence electrons. The number of hydrogen-bond acceptors (Lipinski definition) is 4. The van der Waals surface area contributed by atoms with Crippen molar-refractivity contribution in [3.8, 4) is 0 Å². The smallest absolute Gasteiger partial charge is 0.230 e. The third-order valence-electron chi connectivity index (χ3n) is 3.50. The molecule has 0 aliphatic carbocycles. The highest BCUT2D eigenvalue weighted by Crippen LogP contribution is 2.24. The Kier molecular flexibility index (Phi) is 6.23. The summed E-state index contributed by atoms with van der Waals surface area (Å²) in [6, 6.07) is 3.92. The molecule has 6 heteroatoms. The van der Waals surface area contributed by atoms with Gasteiger partial charge in [0.1, 0.15) is 0 Å². The van der Waals surface area contributed by atoms with Crippen LogP contribution in [0, 0.1) is 5.92 Å². The van der Waals surface area contributed by atoms with Crippen LogP contribution in [-0.2, 0) is 16.1 Å². The van der Waals surface area contributed by atoms with Gasteiger partial charge in [0.15, 0.2) is 0 Å². The minimum absolute atomic E-state index is 0.0988. The molecule has 1 aromatic rings. The lowest BCUT2D eigenvalue weighted by atomic mass is 10.0. The molecule has 1 amide bonds. The molecule has 0 aromatic carbocycles. The molecule has 2 heterocycles. The molecule has 0 bridgehead atoms. The molecule has 1 aliphatic heterocycles. The van der Waals surface area contributed by atoms with Gasteiger partial charge in [-0.15, -0.1) is 17.9 Å². The Bertz CT molecular complexity index is 492. The van der Waals surface area contributed by atoms with Gasteiger partial charge in [-0.3, -0.25) is 4.79 Å². The molecule has 1 fully saturated rings. The Morgan fingerprint density at radius 1 is 1.62 bits per heavy atom. The fraction of sp³-hybridized carbons (Fsp3) is 0.533. The van der Waals surface area contributed by atoms with E-state index in [2.05, 4.69) is 11.9 Å². The molecule has 21 heavy (non-hydrogen) atoms. The standard InChI is InChI=1S/C15H21ClN2O2S/c1-3-7-18(8-11-5-6-14(16)21-11)15(19)12-9-20-10-13(12)17-4-2/h3,5-6,12-13,17H,1,4,7-10H2,2H3. The van der Waals surface area contributed by atoms with Crippen molar-refractivity contribution in [2.75, 3.05) is 26.3 Å². The van der Waals surface area contributed by atoms with E-state index >= 15 is 0 Å². The number of ether oxygens (including phenoxy) is 1. The van der Waals surface area contributed by atoms with Crippen molar-refractivity contribution in [3.05, 3.63) is 34.0 Å². The fourth-order valence-corrected chi connectivity index (χ4v) is 3.61. The lowest BCUT2D eigenvalue weighted by Crippen LogP contribution is -2.45. The molecule has 2 unspecified atom stereocenters. The second-order valence-corrected chi connectivity index (χ2v) is 6.82. The van der Waals surface area contributed by atoms with Crippen LogP contribution in [0.25, 0.3) is 0 Å². The summed E-state index contributed by atoms with van der Waals surface area (Å²) >= 11 is 7.46. The summed E-state index contributed by atoms with van der Waals surface area (Å²) < 4.78 is 6.21. The van der Waals surface area contributed by atoms with E-state index in [9.17, 15) is 4.79 Å². The Balaban J connectivity index is 2.05. The quantitative estimate of drug-likeness (QED) is 0.782. The van der Waals surface area contributed by atoms with Crippen LogP contribution in [0.2, 0.25) is 4.34 Å². The normalized spacial score (nSPS) is 21.4. The minimum atomic E-state index is -0.125. The summed E-state index contributed by atoms with van der Waals surface area (Å²) in [7, 11) is 0. The highest BCUT2D eigenvalue weighted by molar-refractivity contribution is 7.16. The number of halogens is 1. The highest BCUT2D eigenvalue weighted by Gasteiger charge is 2.35. The van der Waals surface area contributed by atoms with Gasteiger partial charge in [-0.05, 0) is 18.7 Å². The van der Waals surface area contributed by atoms with E-state index in [4.69, 9.17) is 16.3 Å². The highest BCUT2D eigenvalue weighted by atomic mass is 35.5. The maximum Gasteiger partial charge on any atom is 0.230 e. The minimum Gasteiger partial charge on any atom is -0.379 e. The van der Waals surface area contributed by atoms with E-state index in [0.717, 1.165) is 15.8 Å². The SMILES string of the molecule is C=CCN(Cc1ccc(Cl)s1)C(=O)C1COCC1NCC. The fourth-order valence-electron chi connectivity index (χ4n) is 2.51. The molecule has 0 spiro atoms. The number of hydrogen-bond donors (Lipinski definition) is 1. The van der Waals surface area contributed by atoms with Gasteiger partial charge in [0.25, 0.3) is 0 Å². The average molecular weight is 329 g/mol. The van der Waals surface area contributed by atoms with Gasteiger partial charge in [0.05, 0.1) is 30.0 Å². The number of carbonyl (C=O) groups is 1. The maximum absolute atomic E-state index is 12.8. The summed E-state index contributed by atoms with van der Waals surface area (Å²) in [4.78, 5) is 15.7. The molecule has 1 saturated heterocycles. The Morgan fingerprint density at radius 2 is 2.43 bits per heavy atom. The number of nitrogens with zero attached hydrogens (tertiary/aromatic N) is 1. The number of carbonyl (C=O) groups excluding carboxylic acids is 1. The lowest BCUT2D eigenvalue weighted by molar-refractivity contribution is -0.136. The van der Waals surface area contributed by atoms with Gasteiger partial charge in [0, 0.05) is 17.5 Å². The Labute approximate surface area is 134 Å². The summed E-state index contributed by atoms with van der Waals surface area (Å²) in [6.45, 7) is 8.79. The zero-order valence-electron chi connectivity index (χ0n) is 12.2. The van der Waals surface area contributed by atoms with Crippen LogP contribution in [0.3, 0.4) is 0 Å². The zero-order valence-corrected chi connectivity index (χ0v) is 13.8. The van der Waals surface area contributed by atoms with Crippen molar-refractivity contribution in [1.82, 2.24) is 10.2 Å². The first-order chi connectivity index (χ1) is 10.2. The first-order valence-electron chi connectivity index (χ1n) is 7.10. The van der Waals surface area contributed by atoms with Crippen LogP contribution in [0.5, 0.6) is 0 Å². The summed E-state index contributed by atoms with van der Waals surface area (Å²) in [5.41, 5.74) is 0. The van der Waals surface area contributed by atoms with E-state index in [-0.39, 0.29) is 17.9 Å². The first kappa shape index (κ1) is 16.5. The van der Waals surface area contributed by atoms with E-state index in [1.165, 1.54) is 11.3 Å². The summed E-state index contributed by atoms with van der Waals surface area (Å²) in [6.07, 6.45) is 1.76. The van der Waals surface area contributed by atoms with Gasteiger partial charge >= 0.3 is 0 Å². The largest absolute Gasteiger partial charge is 0.379 e. The number of nitrogens with one attached hydrogen (secondary N) is 1. The van der Waals surface area contributed by atoms with Crippen LogP contribution < -0.4 is 5.32 Å². The van der Waals surface area contributed by atoms with Crippen LogP contribution >= 0.6 is 22.9 Å². The van der Waals surface area contributed by atoms with Crippen LogP contribution in [-0.4, -0.2) is 43.2 Å². The summed E-state index contributed by atoms with van der Waals surface area (Å²) in [5, 5.41) is 3.32. The molecule has 1 N–H and O–H groups in total. The number of amides is 1. The third kappa shape index (κ3) is 4.30. The van der Waals surface area contributed by atoms with Crippen molar-refractivity contribution in [1.29, 1.82) is 0 Å². The van der Waals surface area contributed by atoms with Crippen molar-refractivity contribution >= 4 is 28.8 Å². The van der Waals surface area contributed by atoms with E-state index in [1.807, 2.05) is 24.0 Å². The number of thiophene rings is 1. The van der Waals surface area contributed by atoms with E-state index in [0.29, 0.717) is 26.3 Å². The number of rotatable bonds is 7. The second-order valence-electron chi connectivity index (χ2n) is 5.02. The average Bonchev–Trinajstić information content (AvgIpc) is 3.07. The third-order valence-corrected chi connectivity index (χ3v) is 4.72. The van der Waals surface area contributed by atoms with Crippen molar-refractivity contribution in [2.45, 2.75) is 19.5 Å².